The van der Waals surface area contributed by atoms with Gasteiger partial charge in [0, 0.05) is 60.8 Å². The number of furan rings is 2. The third-order valence-electron chi connectivity index (χ3n) is 12.3. The second-order valence-corrected chi connectivity index (χ2v) is 16.2. The standard InChI is InChI=1S/C58H34N4O2/c1-2-9-39(10-3-1)58-61-50(36-18-16-35(17-19-36)49-25-22-38-21-20-37-11-8-28-59-56(37)57(38)60-49)34-51(62-58)44-30-42(40-23-26-54-47(32-40)45-12-4-6-14-52(45)63-54)29-43(31-44)41-24-27-55-48(33-41)46-13-5-7-15-53(46)64-55/h1-34H. The molecule has 5 heterocycles. The summed E-state index contributed by atoms with van der Waals surface area (Å²) in [6.45, 7) is 0. The summed E-state index contributed by atoms with van der Waals surface area (Å²) in [5, 5.41) is 6.47. The molecule has 8 aromatic carbocycles. The SMILES string of the molecule is c1ccc(-c2nc(-c3ccc(-c4ccc5ccc6cccnc6c5n4)cc3)cc(-c3cc(-c4ccc5oc6ccccc6c5c4)cc(-c4ccc5oc6ccccc6c5c4)c3)n2)cc1. The molecule has 0 aliphatic heterocycles. The molecule has 5 aromatic heterocycles. The van der Waals surface area contributed by atoms with Crippen molar-refractivity contribution in [3.8, 4) is 67.4 Å². The van der Waals surface area contributed by atoms with E-state index in [4.69, 9.17) is 23.8 Å². The first-order valence-corrected chi connectivity index (χ1v) is 21.3. The zero-order valence-corrected chi connectivity index (χ0v) is 34.2. The Morgan fingerprint density at radius 2 is 0.797 bits per heavy atom. The van der Waals surface area contributed by atoms with E-state index in [0.29, 0.717) is 5.82 Å². The van der Waals surface area contributed by atoms with Crippen LogP contribution in [-0.4, -0.2) is 19.9 Å². The van der Waals surface area contributed by atoms with E-state index in [2.05, 4.69) is 157 Å². The molecule has 0 saturated carbocycles. The topological polar surface area (TPSA) is 77.8 Å². The summed E-state index contributed by atoms with van der Waals surface area (Å²) < 4.78 is 12.5. The Kier molecular flexibility index (Phi) is 8.11. The molecule has 0 spiro atoms. The van der Waals surface area contributed by atoms with Crippen LogP contribution in [0.3, 0.4) is 0 Å². The Morgan fingerprint density at radius 3 is 1.45 bits per heavy atom. The van der Waals surface area contributed by atoms with Gasteiger partial charge >= 0.3 is 0 Å². The molecule has 0 aliphatic rings. The summed E-state index contributed by atoms with van der Waals surface area (Å²) in [5.41, 5.74) is 16.0. The lowest BCUT2D eigenvalue weighted by Gasteiger charge is -2.14. The predicted octanol–water partition coefficient (Wildman–Crippen LogP) is 15.4. The van der Waals surface area contributed by atoms with Crippen LogP contribution in [0.15, 0.2) is 215 Å². The summed E-state index contributed by atoms with van der Waals surface area (Å²) in [4.78, 5) is 20.3. The van der Waals surface area contributed by atoms with Gasteiger partial charge in [0.05, 0.1) is 28.1 Å². The zero-order chi connectivity index (χ0) is 42.1. The number of hydrogen-bond donors (Lipinski definition) is 0. The molecule has 0 saturated heterocycles. The lowest BCUT2D eigenvalue weighted by atomic mass is 9.93. The van der Waals surface area contributed by atoms with E-state index in [9.17, 15) is 0 Å². The van der Waals surface area contributed by atoms with Gasteiger partial charge < -0.3 is 8.83 Å². The molecule has 0 N–H and O–H groups in total. The highest BCUT2D eigenvalue weighted by atomic mass is 16.3. The van der Waals surface area contributed by atoms with Crippen LogP contribution in [0.5, 0.6) is 0 Å². The normalized spacial score (nSPS) is 11.8. The third kappa shape index (κ3) is 6.11. The lowest BCUT2D eigenvalue weighted by molar-refractivity contribution is 0.668. The molecule has 0 amide bonds. The number of rotatable bonds is 6. The molecule has 6 nitrogen and oxygen atoms in total. The highest BCUT2D eigenvalue weighted by molar-refractivity contribution is 6.08. The van der Waals surface area contributed by atoms with Crippen molar-refractivity contribution in [2.75, 3.05) is 0 Å². The van der Waals surface area contributed by atoms with Crippen molar-refractivity contribution in [1.82, 2.24) is 19.9 Å². The molecule has 6 heteroatoms. The molecule has 0 aliphatic carbocycles. The van der Waals surface area contributed by atoms with Crippen molar-refractivity contribution in [2.24, 2.45) is 0 Å². The molecular weight excluding hydrogens is 785 g/mol. The van der Waals surface area contributed by atoms with E-state index in [1.54, 1.807) is 0 Å². The first-order chi connectivity index (χ1) is 31.6. The summed E-state index contributed by atoms with van der Waals surface area (Å²) in [7, 11) is 0. The Morgan fingerprint density at radius 1 is 0.281 bits per heavy atom. The van der Waals surface area contributed by atoms with Crippen LogP contribution in [0, 0.1) is 0 Å². The van der Waals surface area contributed by atoms with Gasteiger partial charge in [0.2, 0.25) is 0 Å². The third-order valence-corrected chi connectivity index (χ3v) is 12.3. The number of aromatic nitrogens is 4. The molecule has 64 heavy (non-hydrogen) atoms. The van der Waals surface area contributed by atoms with Crippen molar-refractivity contribution in [2.45, 2.75) is 0 Å². The second-order valence-electron chi connectivity index (χ2n) is 16.2. The highest BCUT2D eigenvalue weighted by Crippen LogP contribution is 2.39. The van der Waals surface area contributed by atoms with Gasteiger partial charge in [0.15, 0.2) is 5.82 Å². The maximum Gasteiger partial charge on any atom is 0.160 e. The van der Waals surface area contributed by atoms with Crippen molar-refractivity contribution in [1.29, 1.82) is 0 Å². The number of benzene rings is 8. The summed E-state index contributed by atoms with van der Waals surface area (Å²) in [6, 6.07) is 69.3. The summed E-state index contributed by atoms with van der Waals surface area (Å²) >= 11 is 0. The molecule has 0 unspecified atom stereocenters. The van der Waals surface area contributed by atoms with Crippen molar-refractivity contribution < 1.29 is 8.83 Å². The lowest BCUT2D eigenvalue weighted by Crippen LogP contribution is -1.97. The Labute approximate surface area is 366 Å². The molecule has 13 rings (SSSR count). The average Bonchev–Trinajstić information content (AvgIpc) is 3.94. The first kappa shape index (κ1) is 36.0. The number of para-hydroxylation sites is 2. The van der Waals surface area contributed by atoms with Gasteiger partial charge in [0.1, 0.15) is 22.3 Å². The molecule has 0 radical (unpaired) electrons. The van der Waals surface area contributed by atoms with E-state index >= 15 is 0 Å². The van der Waals surface area contributed by atoms with Gasteiger partial charge in [-0.05, 0) is 95.1 Å². The van der Waals surface area contributed by atoms with E-state index < -0.39 is 0 Å². The van der Waals surface area contributed by atoms with Gasteiger partial charge in [0.25, 0.3) is 0 Å². The Balaban J connectivity index is 0.972. The number of fused-ring (bicyclic) bond motifs is 9. The fourth-order valence-electron chi connectivity index (χ4n) is 9.08. The van der Waals surface area contributed by atoms with Gasteiger partial charge in [-0.1, -0.05) is 127 Å². The van der Waals surface area contributed by atoms with E-state index in [1.807, 2.05) is 54.7 Å². The monoisotopic (exact) mass is 818 g/mol. The minimum absolute atomic E-state index is 0.650. The second kappa shape index (κ2) is 14.4. The largest absolute Gasteiger partial charge is 0.456 e. The van der Waals surface area contributed by atoms with E-state index in [-0.39, 0.29) is 0 Å². The maximum atomic E-state index is 6.24. The Hall–Kier alpha value is -8.74. The van der Waals surface area contributed by atoms with E-state index in [0.717, 1.165) is 127 Å². The zero-order valence-electron chi connectivity index (χ0n) is 34.2. The summed E-state index contributed by atoms with van der Waals surface area (Å²) in [6.07, 6.45) is 1.82. The van der Waals surface area contributed by atoms with Crippen LogP contribution in [0.25, 0.3) is 133 Å². The van der Waals surface area contributed by atoms with Gasteiger partial charge in [-0.3, -0.25) is 4.98 Å². The van der Waals surface area contributed by atoms with Crippen LogP contribution in [0.2, 0.25) is 0 Å². The van der Waals surface area contributed by atoms with Crippen LogP contribution < -0.4 is 0 Å². The molecule has 0 atom stereocenters. The quantitative estimate of drug-likeness (QED) is 0.156. The van der Waals surface area contributed by atoms with Crippen molar-refractivity contribution in [3.63, 3.8) is 0 Å². The minimum Gasteiger partial charge on any atom is -0.456 e. The fourth-order valence-corrected chi connectivity index (χ4v) is 9.08. The fraction of sp³-hybridized carbons (Fsp3) is 0. The molecule has 298 valence electrons. The van der Waals surface area contributed by atoms with Crippen LogP contribution >= 0.6 is 0 Å². The first-order valence-electron chi connectivity index (χ1n) is 21.3. The van der Waals surface area contributed by atoms with Crippen LogP contribution in [0.1, 0.15) is 0 Å². The Bertz CT molecular complexity index is 3830. The molecule has 13 aromatic rings. The smallest absolute Gasteiger partial charge is 0.160 e. The van der Waals surface area contributed by atoms with Crippen molar-refractivity contribution >= 4 is 65.7 Å². The highest BCUT2D eigenvalue weighted by Gasteiger charge is 2.17. The number of nitrogens with zero attached hydrogens (tertiary/aromatic N) is 4. The molecule has 0 bridgehead atoms. The number of pyridine rings is 2. The molecule has 0 fully saturated rings. The van der Waals surface area contributed by atoms with Gasteiger partial charge in [-0.2, -0.15) is 0 Å². The van der Waals surface area contributed by atoms with Gasteiger partial charge in [-0.15, -0.1) is 0 Å². The van der Waals surface area contributed by atoms with Gasteiger partial charge in [-0.25, -0.2) is 15.0 Å². The minimum atomic E-state index is 0.650. The van der Waals surface area contributed by atoms with Crippen molar-refractivity contribution in [3.05, 3.63) is 206 Å². The average molecular weight is 819 g/mol. The maximum absolute atomic E-state index is 6.24. The summed E-state index contributed by atoms with van der Waals surface area (Å²) in [5.74, 6) is 0.650. The van der Waals surface area contributed by atoms with E-state index in [1.165, 1.54) is 0 Å². The van der Waals surface area contributed by atoms with Crippen LogP contribution in [-0.2, 0) is 0 Å². The predicted molar refractivity (Wildman–Crippen MR) is 260 cm³/mol. The molecular formula is C58H34N4O2. The number of hydrogen-bond acceptors (Lipinski definition) is 6. The van der Waals surface area contributed by atoms with Crippen LogP contribution in [0.4, 0.5) is 0 Å².